The van der Waals surface area contributed by atoms with Gasteiger partial charge in [0.1, 0.15) is 4.21 Å². The zero-order chi connectivity index (χ0) is 19.4. The molecule has 2 aromatic heterocycles. The maximum Gasteiger partial charge on any atom is 0.252 e. The second-order valence-electron chi connectivity index (χ2n) is 5.69. The molecule has 0 radical (unpaired) electrons. The van der Waals surface area contributed by atoms with E-state index >= 15 is 0 Å². The van der Waals surface area contributed by atoms with Gasteiger partial charge in [-0.2, -0.15) is 4.31 Å². The van der Waals surface area contributed by atoms with E-state index in [1.807, 2.05) is 29.9 Å². The molecule has 0 aliphatic rings. The number of anilines is 1. The molecule has 0 fully saturated rings. The topological polar surface area (TPSA) is 84.3 Å². The zero-order valence-electron chi connectivity index (χ0n) is 14.7. The second kappa shape index (κ2) is 8.26. The number of rotatable bonds is 7. The highest BCUT2D eigenvalue weighted by molar-refractivity contribution is 7.99. The average Bonchev–Trinajstić information content (AvgIpc) is 3.29. The molecule has 3 aromatic rings. The molecule has 0 saturated heterocycles. The van der Waals surface area contributed by atoms with E-state index in [2.05, 4.69) is 10.3 Å². The number of amides is 1. The minimum Gasteiger partial charge on any atom is -0.329 e. The molecule has 142 valence electrons. The summed E-state index contributed by atoms with van der Waals surface area (Å²) >= 11 is 2.64. The molecule has 0 aliphatic heterocycles. The van der Waals surface area contributed by atoms with Gasteiger partial charge in [0.15, 0.2) is 5.16 Å². The van der Waals surface area contributed by atoms with Crippen LogP contribution >= 0.6 is 23.1 Å². The Morgan fingerprint density at radius 1 is 1.30 bits per heavy atom. The first-order valence-corrected chi connectivity index (χ1v) is 11.0. The Morgan fingerprint density at radius 2 is 2.04 bits per heavy atom. The van der Waals surface area contributed by atoms with Gasteiger partial charge in [0, 0.05) is 37.1 Å². The molecule has 0 unspecified atom stereocenters. The summed E-state index contributed by atoms with van der Waals surface area (Å²) in [5.74, 6) is -0.401. The molecule has 0 spiro atoms. The minimum absolute atomic E-state index is 0.216. The van der Waals surface area contributed by atoms with Crippen molar-refractivity contribution in [1.29, 1.82) is 0 Å². The highest BCUT2D eigenvalue weighted by Gasteiger charge is 2.23. The molecule has 2 heterocycles. The monoisotopic (exact) mass is 422 g/mol. The Labute approximate surface area is 166 Å². The van der Waals surface area contributed by atoms with Crippen molar-refractivity contribution in [1.82, 2.24) is 13.9 Å². The van der Waals surface area contributed by atoms with Gasteiger partial charge in [0.2, 0.25) is 5.91 Å². The van der Waals surface area contributed by atoms with E-state index in [-0.39, 0.29) is 10.8 Å². The summed E-state index contributed by atoms with van der Waals surface area (Å²) < 4.78 is 27.9. The summed E-state index contributed by atoms with van der Waals surface area (Å²) in [6, 6.07) is 10.5. The highest BCUT2D eigenvalue weighted by atomic mass is 32.2. The van der Waals surface area contributed by atoms with Gasteiger partial charge in [-0.25, -0.2) is 13.4 Å². The predicted octanol–water partition coefficient (Wildman–Crippen LogP) is 2.89. The molecule has 7 nitrogen and oxygen atoms in total. The Hall–Kier alpha value is -2.14. The summed E-state index contributed by atoms with van der Waals surface area (Å²) in [4.78, 5) is 17.4. The number of aryl methyl sites for hydroxylation is 1. The van der Waals surface area contributed by atoms with Crippen LogP contribution < -0.4 is 5.32 Å². The van der Waals surface area contributed by atoms with Crippen LogP contribution in [0.5, 0.6) is 0 Å². The molecule has 0 saturated carbocycles. The van der Waals surface area contributed by atoms with Crippen LogP contribution in [0, 0.1) is 0 Å². The lowest BCUT2D eigenvalue weighted by molar-refractivity contribution is -0.116. The second-order valence-corrected chi connectivity index (χ2v) is 9.95. The fraction of sp³-hybridized carbons (Fsp3) is 0.176. The van der Waals surface area contributed by atoms with Crippen LogP contribution in [0.3, 0.4) is 0 Å². The van der Waals surface area contributed by atoms with E-state index in [0.717, 1.165) is 25.7 Å². The summed E-state index contributed by atoms with van der Waals surface area (Å²) in [7, 11) is -0.333. The number of thiophene rings is 1. The highest BCUT2D eigenvalue weighted by Crippen LogP contribution is 2.26. The van der Waals surface area contributed by atoms with Crippen LogP contribution in [0.2, 0.25) is 0 Å². The summed E-state index contributed by atoms with van der Waals surface area (Å²) in [6.45, 7) is -0.260. The predicted molar refractivity (Wildman–Crippen MR) is 107 cm³/mol. The quantitative estimate of drug-likeness (QED) is 0.633. The number of imidazole rings is 1. The van der Waals surface area contributed by atoms with Crippen molar-refractivity contribution >= 4 is 44.7 Å². The van der Waals surface area contributed by atoms with E-state index in [1.54, 1.807) is 29.8 Å². The van der Waals surface area contributed by atoms with Gasteiger partial charge in [-0.1, -0.05) is 17.8 Å². The summed E-state index contributed by atoms with van der Waals surface area (Å²) in [5.41, 5.74) is 0.603. The fourth-order valence-corrected chi connectivity index (χ4v) is 5.34. The van der Waals surface area contributed by atoms with Crippen molar-refractivity contribution in [3.63, 3.8) is 0 Å². The van der Waals surface area contributed by atoms with E-state index in [0.29, 0.717) is 5.69 Å². The average molecular weight is 423 g/mol. The Balaban J connectivity index is 1.58. The van der Waals surface area contributed by atoms with E-state index in [9.17, 15) is 13.2 Å². The Bertz CT molecular complexity index is 1010. The largest absolute Gasteiger partial charge is 0.329 e. The standard InChI is InChI=1S/C17H18N4O3S3/c1-20-10-9-18-17(20)26-14-7-5-13(6-8-14)19-15(22)12-21(2)27(23,24)16-4-3-11-25-16/h3-11H,12H2,1-2H3,(H,19,22). The lowest BCUT2D eigenvalue weighted by Gasteiger charge is -2.15. The van der Waals surface area contributed by atoms with Crippen molar-refractivity contribution in [2.75, 3.05) is 18.9 Å². The SMILES string of the molecule is CN(CC(=O)Nc1ccc(Sc2nccn2C)cc1)S(=O)(=O)c1cccs1. The molecule has 0 aliphatic carbocycles. The molecular weight excluding hydrogens is 404 g/mol. The van der Waals surface area contributed by atoms with Crippen molar-refractivity contribution in [2.24, 2.45) is 7.05 Å². The lowest BCUT2D eigenvalue weighted by atomic mass is 10.3. The molecule has 1 aromatic carbocycles. The van der Waals surface area contributed by atoms with Crippen molar-refractivity contribution in [3.8, 4) is 0 Å². The molecule has 1 N–H and O–H groups in total. The number of nitrogens with one attached hydrogen (secondary N) is 1. The minimum atomic E-state index is -3.64. The summed E-state index contributed by atoms with van der Waals surface area (Å²) in [5, 5.41) is 5.27. The Kier molecular flexibility index (Phi) is 6.00. The number of sulfonamides is 1. The van der Waals surface area contributed by atoms with Gasteiger partial charge in [0.05, 0.1) is 6.54 Å². The summed E-state index contributed by atoms with van der Waals surface area (Å²) in [6.07, 6.45) is 3.61. The third-order valence-electron chi connectivity index (χ3n) is 3.65. The lowest BCUT2D eigenvalue weighted by Crippen LogP contribution is -2.34. The molecule has 1 amide bonds. The maximum atomic E-state index is 12.4. The Morgan fingerprint density at radius 3 is 2.63 bits per heavy atom. The van der Waals surface area contributed by atoms with E-state index in [1.165, 1.54) is 24.9 Å². The number of likely N-dealkylation sites (N-methyl/N-ethyl adjacent to an activating group) is 1. The van der Waals surface area contributed by atoms with Crippen molar-refractivity contribution in [3.05, 3.63) is 54.2 Å². The van der Waals surface area contributed by atoms with Crippen LogP contribution in [-0.4, -0.2) is 41.8 Å². The van der Waals surface area contributed by atoms with Gasteiger partial charge in [0.25, 0.3) is 10.0 Å². The van der Waals surface area contributed by atoms with Gasteiger partial charge in [-0.05, 0) is 35.7 Å². The molecule has 0 bridgehead atoms. The van der Waals surface area contributed by atoms with Crippen LogP contribution in [0.25, 0.3) is 0 Å². The van der Waals surface area contributed by atoms with E-state index < -0.39 is 15.9 Å². The molecule has 27 heavy (non-hydrogen) atoms. The first-order chi connectivity index (χ1) is 12.9. The zero-order valence-corrected chi connectivity index (χ0v) is 17.1. The smallest absolute Gasteiger partial charge is 0.252 e. The third-order valence-corrected chi connectivity index (χ3v) is 7.91. The van der Waals surface area contributed by atoms with Gasteiger partial charge < -0.3 is 9.88 Å². The van der Waals surface area contributed by atoms with Crippen LogP contribution in [0.4, 0.5) is 5.69 Å². The van der Waals surface area contributed by atoms with Gasteiger partial charge in [-0.15, -0.1) is 11.3 Å². The van der Waals surface area contributed by atoms with E-state index in [4.69, 9.17) is 0 Å². The van der Waals surface area contributed by atoms with Crippen molar-refractivity contribution in [2.45, 2.75) is 14.3 Å². The van der Waals surface area contributed by atoms with Crippen LogP contribution in [0.15, 0.2) is 68.4 Å². The normalized spacial score (nSPS) is 11.7. The molecule has 10 heteroatoms. The first kappa shape index (κ1) is 19.6. The number of hydrogen-bond acceptors (Lipinski definition) is 6. The molecule has 3 rings (SSSR count). The number of benzene rings is 1. The number of nitrogens with zero attached hydrogens (tertiary/aromatic N) is 3. The van der Waals surface area contributed by atoms with Gasteiger partial charge in [-0.3, -0.25) is 4.79 Å². The van der Waals surface area contributed by atoms with Crippen LogP contribution in [0.1, 0.15) is 0 Å². The number of aromatic nitrogens is 2. The van der Waals surface area contributed by atoms with Crippen molar-refractivity contribution < 1.29 is 13.2 Å². The number of carbonyl (C=O) groups excluding carboxylic acids is 1. The third kappa shape index (κ3) is 4.78. The number of carbonyl (C=O) groups is 1. The molecular formula is C17H18N4O3S3. The molecule has 0 atom stereocenters. The van der Waals surface area contributed by atoms with Gasteiger partial charge >= 0.3 is 0 Å². The fourth-order valence-electron chi connectivity index (χ4n) is 2.21. The maximum absolute atomic E-state index is 12.4. The number of hydrogen-bond donors (Lipinski definition) is 1. The first-order valence-electron chi connectivity index (χ1n) is 7.91. The van der Waals surface area contributed by atoms with Crippen LogP contribution in [-0.2, 0) is 21.9 Å².